The lowest BCUT2D eigenvalue weighted by atomic mass is 9.59. The number of nitrogens with two attached hydrogens (primary N) is 1. The van der Waals surface area contributed by atoms with Gasteiger partial charge in [0, 0.05) is 29.7 Å². The number of ether oxygens (including phenoxy) is 2. The van der Waals surface area contributed by atoms with Crippen LogP contribution < -0.4 is 15.2 Å². The number of fused-ring (bicyclic) bond motifs is 5. The second-order valence-electron chi connectivity index (χ2n) is 7.50. The van der Waals surface area contributed by atoms with Crippen molar-refractivity contribution in [3.8, 4) is 11.5 Å². The van der Waals surface area contributed by atoms with E-state index in [1.807, 2.05) is 31.2 Å². The van der Waals surface area contributed by atoms with Gasteiger partial charge in [0.1, 0.15) is 23.5 Å². The summed E-state index contributed by atoms with van der Waals surface area (Å²) in [5.74, 6) is 1.89. The predicted molar refractivity (Wildman–Crippen MR) is 95.4 cm³/mol. The fourth-order valence-electron chi connectivity index (χ4n) is 4.81. The van der Waals surface area contributed by atoms with Crippen LogP contribution in [0.25, 0.3) is 0 Å². The maximum Gasteiger partial charge on any atom is 0.154 e. The van der Waals surface area contributed by atoms with Gasteiger partial charge in [-0.2, -0.15) is 0 Å². The fraction of sp³-hybridized carbons (Fsp3) is 0.381. The first-order chi connectivity index (χ1) is 12.0. The van der Waals surface area contributed by atoms with Crippen LogP contribution >= 0.6 is 0 Å². The minimum atomic E-state index is -0.746. The number of anilines is 1. The molecule has 2 N–H and O–H groups in total. The molecule has 2 aromatic carbocycles. The molecule has 4 nitrogen and oxygen atoms in total. The van der Waals surface area contributed by atoms with Crippen LogP contribution in [0.1, 0.15) is 42.0 Å². The van der Waals surface area contributed by atoms with E-state index in [2.05, 4.69) is 13.0 Å². The van der Waals surface area contributed by atoms with Gasteiger partial charge in [-0.3, -0.25) is 4.79 Å². The number of carbonyl (C=O) groups is 1. The van der Waals surface area contributed by atoms with E-state index in [0.717, 1.165) is 45.9 Å². The van der Waals surface area contributed by atoms with Crippen LogP contribution in [0.3, 0.4) is 0 Å². The van der Waals surface area contributed by atoms with Gasteiger partial charge in [0.25, 0.3) is 0 Å². The van der Waals surface area contributed by atoms with Crippen molar-refractivity contribution < 1.29 is 14.3 Å². The Kier molecular flexibility index (Phi) is 2.83. The third-order valence-electron chi connectivity index (χ3n) is 6.33. The molecule has 25 heavy (non-hydrogen) atoms. The maximum absolute atomic E-state index is 13.5. The van der Waals surface area contributed by atoms with E-state index in [1.165, 1.54) is 0 Å². The predicted octanol–water partition coefficient (Wildman–Crippen LogP) is 3.20. The number of Topliss-reactive ketones (excluding diaryl/α,β-unsaturated/α-hetero) is 1. The molecule has 128 valence electrons. The molecule has 2 aliphatic heterocycles. The minimum Gasteiger partial charge on any atom is -0.493 e. The molecule has 0 saturated heterocycles. The monoisotopic (exact) mass is 335 g/mol. The minimum absolute atomic E-state index is 0.101. The van der Waals surface area contributed by atoms with Crippen molar-refractivity contribution in [3.63, 3.8) is 0 Å². The van der Waals surface area contributed by atoms with Gasteiger partial charge in [0.05, 0.1) is 6.61 Å². The summed E-state index contributed by atoms with van der Waals surface area (Å²) in [6, 6.07) is 10.00. The molecule has 0 amide bonds. The maximum atomic E-state index is 13.5. The Bertz CT molecular complexity index is 920. The summed E-state index contributed by atoms with van der Waals surface area (Å²) >= 11 is 0. The highest BCUT2D eigenvalue weighted by atomic mass is 16.5. The zero-order valence-electron chi connectivity index (χ0n) is 14.5. The van der Waals surface area contributed by atoms with Gasteiger partial charge >= 0.3 is 0 Å². The molecule has 3 aliphatic rings. The quantitative estimate of drug-likeness (QED) is 0.751. The highest BCUT2D eigenvalue weighted by Crippen LogP contribution is 2.54. The molecule has 1 spiro atoms. The Morgan fingerprint density at radius 3 is 2.76 bits per heavy atom. The molecular weight excluding hydrogens is 314 g/mol. The highest BCUT2D eigenvalue weighted by Gasteiger charge is 2.55. The molecule has 5 rings (SSSR count). The van der Waals surface area contributed by atoms with E-state index < -0.39 is 5.41 Å². The lowest BCUT2D eigenvalue weighted by molar-refractivity contribution is -0.128. The van der Waals surface area contributed by atoms with E-state index in [0.29, 0.717) is 13.2 Å². The van der Waals surface area contributed by atoms with E-state index >= 15 is 0 Å². The van der Waals surface area contributed by atoms with Gasteiger partial charge in [-0.25, -0.2) is 0 Å². The first-order valence-electron chi connectivity index (χ1n) is 8.90. The summed E-state index contributed by atoms with van der Waals surface area (Å²) in [7, 11) is 0. The van der Waals surface area contributed by atoms with Crippen molar-refractivity contribution in [2.45, 2.75) is 31.6 Å². The van der Waals surface area contributed by atoms with E-state index in [9.17, 15) is 4.79 Å². The molecule has 0 radical (unpaired) electrons. The lowest BCUT2D eigenvalue weighted by Crippen LogP contribution is -2.48. The van der Waals surface area contributed by atoms with Gasteiger partial charge in [-0.05, 0) is 34.7 Å². The standard InChI is InChI=1S/C21H21NO3/c1-11-12(2)20(23)21(14-4-3-5-16(22)19(11)14)10-25-18-9-17-13(6-7-24-17)8-15(18)21/h3-5,8-9,11-12H,6-7,10,22H2,1-2H3/t11?,12-,21?/m0/s1. The molecule has 2 heterocycles. The van der Waals surface area contributed by atoms with Crippen molar-refractivity contribution in [2.24, 2.45) is 5.92 Å². The van der Waals surface area contributed by atoms with Crippen LogP contribution in [0.5, 0.6) is 11.5 Å². The normalized spacial score (nSPS) is 29.0. The summed E-state index contributed by atoms with van der Waals surface area (Å²) < 4.78 is 11.7. The Balaban J connectivity index is 1.82. The molecule has 0 saturated carbocycles. The largest absolute Gasteiger partial charge is 0.493 e. The average molecular weight is 335 g/mol. The number of nitrogen functional groups attached to an aromatic ring is 1. The SMILES string of the molecule is CC1c2c(N)cccc2C2(COc3cc4c(cc32)CCO4)C(=O)[C@H]1C. The lowest BCUT2D eigenvalue weighted by Gasteiger charge is -2.40. The summed E-state index contributed by atoms with van der Waals surface area (Å²) in [4.78, 5) is 13.5. The number of hydrogen-bond donors (Lipinski definition) is 1. The molecule has 2 aromatic rings. The van der Waals surface area contributed by atoms with Gasteiger partial charge in [0.15, 0.2) is 5.78 Å². The number of carbonyl (C=O) groups excluding carboxylic acids is 1. The van der Waals surface area contributed by atoms with Gasteiger partial charge in [0.2, 0.25) is 0 Å². The van der Waals surface area contributed by atoms with E-state index in [-0.39, 0.29) is 17.6 Å². The van der Waals surface area contributed by atoms with Crippen LogP contribution in [0.2, 0.25) is 0 Å². The van der Waals surface area contributed by atoms with Crippen molar-refractivity contribution in [3.05, 3.63) is 52.6 Å². The molecule has 0 bridgehead atoms. The molecule has 3 atom stereocenters. The zero-order chi connectivity index (χ0) is 17.3. The highest BCUT2D eigenvalue weighted by molar-refractivity contribution is 6.00. The summed E-state index contributed by atoms with van der Waals surface area (Å²) in [6.45, 7) is 5.14. The second-order valence-corrected chi connectivity index (χ2v) is 7.50. The third kappa shape index (κ3) is 1.69. The molecule has 4 heteroatoms. The van der Waals surface area contributed by atoms with Gasteiger partial charge < -0.3 is 15.2 Å². The van der Waals surface area contributed by atoms with Crippen molar-refractivity contribution in [1.29, 1.82) is 0 Å². The summed E-state index contributed by atoms with van der Waals surface area (Å²) in [6.07, 6.45) is 0.878. The number of hydrogen-bond acceptors (Lipinski definition) is 4. The molecule has 2 unspecified atom stereocenters. The van der Waals surface area contributed by atoms with Crippen molar-refractivity contribution in [2.75, 3.05) is 18.9 Å². The number of rotatable bonds is 0. The summed E-state index contributed by atoms with van der Waals surface area (Å²) in [5.41, 5.74) is 10.6. The number of ketones is 1. The van der Waals surface area contributed by atoms with Crippen LogP contribution in [0.15, 0.2) is 30.3 Å². The molecule has 0 fully saturated rings. The molecular formula is C21H21NO3. The fourth-order valence-corrected chi connectivity index (χ4v) is 4.81. The molecule has 0 aromatic heterocycles. The second kappa shape index (κ2) is 4.78. The van der Waals surface area contributed by atoms with Gasteiger partial charge in [-0.1, -0.05) is 26.0 Å². The first-order valence-corrected chi connectivity index (χ1v) is 8.90. The Labute approximate surface area is 146 Å². The number of benzene rings is 2. The Morgan fingerprint density at radius 1 is 1.08 bits per heavy atom. The Morgan fingerprint density at radius 2 is 1.92 bits per heavy atom. The first kappa shape index (κ1) is 14.8. The topological polar surface area (TPSA) is 61.6 Å². The van der Waals surface area contributed by atoms with E-state index in [4.69, 9.17) is 15.2 Å². The average Bonchev–Trinajstić information content (AvgIpc) is 3.21. The van der Waals surface area contributed by atoms with Crippen molar-refractivity contribution in [1.82, 2.24) is 0 Å². The third-order valence-corrected chi connectivity index (χ3v) is 6.33. The zero-order valence-corrected chi connectivity index (χ0v) is 14.5. The molecule has 1 aliphatic carbocycles. The van der Waals surface area contributed by atoms with Gasteiger partial charge in [-0.15, -0.1) is 0 Å². The van der Waals surface area contributed by atoms with Crippen LogP contribution in [0, 0.1) is 5.92 Å². The smallest absolute Gasteiger partial charge is 0.154 e. The van der Waals surface area contributed by atoms with Crippen LogP contribution in [0.4, 0.5) is 5.69 Å². The summed E-state index contributed by atoms with van der Waals surface area (Å²) in [5, 5.41) is 0. The van der Waals surface area contributed by atoms with E-state index in [1.54, 1.807) is 0 Å². The van der Waals surface area contributed by atoms with Crippen LogP contribution in [-0.4, -0.2) is 19.0 Å². The van der Waals surface area contributed by atoms with Crippen LogP contribution in [-0.2, 0) is 16.6 Å². The Hall–Kier alpha value is -2.49. The van der Waals surface area contributed by atoms with Crippen molar-refractivity contribution >= 4 is 11.5 Å².